The lowest BCUT2D eigenvalue weighted by atomic mass is 10.2. The molecule has 1 saturated carbocycles. The van der Waals surface area contributed by atoms with E-state index in [1.807, 2.05) is 0 Å². The van der Waals surface area contributed by atoms with Crippen molar-refractivity contribution < 1.29 is 8.78 Å². The Bertz CT molecular complexity index is 308. The maximum atomic E-state index is 12.8. The van der Waals surface area contributed by atoms with E-state index in [1.54, 1.807) is 6.20 Å². The van der Waals surface area contributed by atoms with Gasteiger partial charge >= 0.3 is 0 Å². The molecule has 0 amide bonds. The van der Waals surface area contributed by atoms with Crippen molar-refractivity contribution in [3.05, 3.63) is 12.4 Å². The Labute approximate surface area is 74.5 Å². The number of hydrogen-bond acceptors (Lipinski definition) is 2. The van der Waals surface area contributed by atoms with Gasteiger partial charge < -0.3 is 5.73 Å². The molecule has 2 N–H and O–H groups in total. The fourth-order valence-corrected chi connectivity index (χ4v) is 1.70. The lowest BCUT2D eigenvalue weighted by Gasteiger charge is -2.10. The van der Waals surface area contributed by atoms with Crippen molar-refractivity contribution in [1.29, 1.82) is 0 Å². The van der Waals surface area contributed by atoms with Gasteiger partial charge in [-0.15, -0.1) is 0 Å². The molecule has 1 fully saturated rings. The molecule has 1 aliphatic carbocycles. The molecule has 1 heterocycles. The van der Waals surface area contributed by atoms with Gasteiger partial charge in [0.05, 0.1) is 17.9 Å². The van der Waals surface area contributed by atoms with Gasteiger partial charge in [-0.25, -0.2) is 8.78 Å². The van der Waals surface area contributed by atoms with Crippen LogP contribution in [0.3, 0.4) is 0 Å². The highest BCUT2D eigenvalue weighted by Gasteiger charge is 2.40. The minimum absolute atomic E-state index is 0.0442. The van der Waals surface area contributed by atoms with Gasteiger partial charge in [-0.3, -0.25) is 4.68 Å². The summed E-state index contributed by atoms with van der Waals surface area (Å²) in [5.74, 6) is -2.52. The van der Waals surface area contributed by atoms with E-state index in [0.717, 1.165) is 0 Å². The second kappa shape index (κ2) is 2.68. The maximum absolute atomic E-state index is 12.8. The van der Waals surface area contributed by atoms with Gasteiger partial charge in [-0.05, 0) is 6.42 Å². The Kier molecular flexibility index (Phi) is 1.75. The number of aromatic nitrogens is 2. The molecule has 1 aromatic rings. The summed E-state index contributed by atoms with van der Waals surface area (Å²) in [6.07, 6.45) is 3.40. The minimum Gasteiger partial charge on any atom is -0.396 e. The van der Waals surface area contributed by atoms with E-state index in [2.05, 4.69) is 5.10 Å². The molecule has 2 rings (SSSR count). The van der Waals surface area contributed by atoms with E-state index in [0.29, 0.717) is 12.1 Å². The van der Waals surface area contributed by atoms with E-state index in [9.17, 15) is 8.78 Å². The number of anilines is 1. The van der Waals surface area contributed by atoms with Gasteiger partial charge in [0.1, 0.15) is 0 Å². The fraction of sp³-hybridized carbons (Fsp3) is 0.625. The third kappa shape index (κ3) is 1.64. The van der Waals surface area contributed by atoms with Crippen LogP contribution in [0.4, 0.5) is 14.5 Å². The van der Waals surface area contributed by atoms with Crippen molar-refractivity contribution in [1.82, 2.24) is 9.78 Å². The molecule has 3 nitrogen and oxygen atoms in total. The molecule has 0 aliphatic heterocycles. The predicted molar refractivity (Wildman–Crippen MR) is 44.5 cm³/mol. The number of rotatable bonds is 1. The number of halogens is 2. The summed E-state index contributed by atoms with van der Waals surface area (Å²) >= 11 is 0. The second-order valence-corrected chi connectivity index (χ2v) is 3.51. The molecule has 1 aliphatic rings. The van der Waals surface area contributed by atoms with E-state index in [-0.39, 0.29) is 18.9 Å². The third-order valence-electron chi connectivity index (χ3n) is 2.37. The summed E-state index contributed by atoms with van der Waals surface area (Å²) in [6, 6.07) is -0.188. The summed E-state index contributed by atoms with van der Waals surface area (Å²) in [5, 5.41) is 3.92. The number of hydrogen-bond donors (Lipinski definition) is 1. The molecule has 13 heavy (non-hydrogen) atoms. The Morgan fingerprint density at radius 1 is 1.62 bits per heavy atom. The Balaban J connectivity index is 2.12. The Hall–Kier alpha value is -1.13. The first kappa shape index (κ1) is 8.47. The lowest BCUT2D eigenvalue weighted by molar-refractivity contribution is 0.00519. The lowest BCUT2D eigenvalue weighted by Crippen LogP contribution is -2.12. The highest BCUT2D eigenvalue weighted by molar-refractivity contribution is 5.30. The number of nitrogen functional groups attached to an aromatic ring is 1. The van der Waals surface area contributed by atoms with E-state index < -0.39 is 5.92 Å². The predicted octanol–water partition coefficient (Wildman–Crippen LogP) is 1.83. The Morgan fingerprint density at radius 3 is 2.85 bits per heavy atom. The molecule has 5 heteroatoms. The van der Waals surface area contributed by atoms with Crippen molar-refractivity contribution in [2.45, 2.75) is 31.2 Å². The average Bonchev–Trinajstić information content (AvgIpc) is 2.56. The largest absolute Gasteiger partial charge is 0.396 e. The topological polar surface area (TPSA) is 43.8 Å². The summed E-state index contributed by atoms with van der Waals surface area (Å²) < 4.78 is 27.2. The van der Waals surface area contributed by atoms with Crippen LogP contribution in [0.25, 0.3) is 0 Å². The van der Waals surface area contributed by atoms with Crippen molar-refractivity contribution in [3.63, 3.8) is 0 Å². The van der Waals surface area contributed by atoms with Crippen molar-refractivity contribution in [2.75, 3.05) is 5.73 Å². The van der Waals surface area contributed by atoms with Crippen LogP contribution >= 0.6 is 0 Å². The van der Waals surface area contributed by atoms with Gasteiger partial charge in [0.15, 0.2) is 0 Å². The summed E-state index contributed by atoms with van der Waals surface area (Å²) in [6.45, 7) is 0. The molecule has 0 saturated heterocycles. The van der Waals surface area contributed by atoms with E-state index in [1.165, 1.54) is 10.9 Å². The monoisotopic (exact) mass is 187 g/mol. The van der Waals surface area contributed by atoms with Crippen LogP contribution in [-0.2, 0) is 0 Å². The van der Waals surface area contributed by atoms with E-state index in [4.69, 9.17) is 5.73 Å². The van der Waals surface area contributed by atoms with Crippen molar-refractivity contribution in [2.24, 2.45) is 0 Å². The Morgan fingerprint density at radius 2 is 2.38 bits per heavy atom. The molecule has 1 unspecified atom stereocenters. The molecule has 1 aromatic heterocycles. The second-order valence-electron chi connectivity index (χ2n) is 3.51. The smallest absolute Gasteiger partial charge is 0.250 e. The molecule has 0 spiro atoms. The summed E-state index contributed by atoms with van der Waals surface area (Å²) in [5.41, 5.74) is 5.97. The molecular formula is C8H11F2N3. The van der Waals surface area contributed by atoms with Crippen LogP contribution in [0.2, 0.25) is 0 Å². The zero-order chi connectivity index (χ0) is 9.47. The first-order valence-corrected chi connectivity index (χ1v) is 4.24. The standard InChI is InChI=1S/C8H11F2N3/c9-8(10)2-1-7(3-8)13-5-6(11)4-12-13/h4-5,7H,1-3,11H2. The van der Waals surface area contributed by atoms with Gasteiger partial charge in [0.2, 0.25) is 5.92 Å². The number of alkyl halides is 2. The van der Waals surface area contributed by atoms with Crippen LogP contribution in [0.5, 0.6) is 0 Å². The minimum atomic E-state index is -2.52. The first-order chi connectivity index (χ1) is 6.07. The van der Waals surface area contributed by atoms with Crippen LogP contribution in [-0.4, -0.2) is 15.7 Å². The normalized spacial score (nSPS) is 26.5. The zero-order valence-corrected chi connectivity index (χ0v) is 7.08. The van der Waals surface area contributed by atoms with Gasteiger partial charge in [-0.2, -0.15) is 5.10 Å². The van der Waals surface area contributed by atoms with Gasteiger partial charge in [-0.1, -0.05) is 0 Å². The van der Waals surface area contributed by atoms with E-state index >= 15 is 0 Å². The zero-order valence-electron chi connectivity index (χ0n) is 7.08. The van der Waals surface area contributed by atoms with Crippen LogP contribution in [0, 0.1) is 0 Å². The molecule has 0 radical (unpaired) electrons. The highest BCUT2D eigenvalue weighted by Crippen LogP contribution is 2.41. The molecule has 72 valence electrons. The van der Waals surface area contributed by atoms with Gasteiger partial charge in [0.25, 0.3) is 0 Å². The van der Waals surface area contributed by atoms with Crippen molar-refractivity contribution >= 4 is 5.69 Å². The molecule has 1 atom stereocenters. The van der Waals surface area contributed by atoms with Crippen LogP contribution < -0.4 is 5.73 Å². The SMILES string of the molecule is Nc1cnn(C2CCC(F)(F)C2)c1. The van der Waals surface area contributed by atoms with Crippen LogP contribution in [0.15, 0.2) is 12.4 Å². The van der Waals surface area contributed by atoms with Crippen LogP contribution in [0.1, 0.15) is 25.3 Å². The quantitative estimate of drug-likeness (QED) is 0.728. The third-order valence-corrected chi connectivity index (χ3v) is 2.37. The van der Waals surface area contributed by atoms with Crippen molar-refractivity contribution in [3.8, 4) is 0 Å². The first-order valence-electron chi connectivity index (χ1n) is 4.24. The molecular weight excluding hydrogens is 176 g/mol. The van der Waals surface area contributed by atoms with Gasteiger partial charge in [0, 0.05) is 19.0 Å². The summed E-state index contributed by atoms with van der Waals surface area (Å²) in [4.78, 5) is 0. The maximum Gasteiger partial charge on any atom is 0.250 e. The summed E-state index contributed by atoms with van der Waals surface area (Å²) in [7, 11) is 0. The average molecular weight is 187 g/mol. The highest BCUT2D eigenvalue weighted by atomic mass is 19.3. The molecule has 0 bridgehead atoms. The number of nitrogens with zero attached hydrogens (tertiary/aromatic N) is 2. The number of nitrogens with two attached hydrogens (primary N) is 1. The fourth-order valence-electron chi connectivity index (χ4n) is 1.70. The molecule has 0 aromatic carbocycles.